The third-order valence-corrected chi connectivity index (χ3v) is 3.56. The highest BCUT2D eigenvalue weighted by Gasteiger charge is 2.15. The molecule has 0 bridgehead atoms. The second-order valence-corrected chi connectivity index (χ2v) is 5.17. The molecule has 1 aromatic carbocycles. The largest absolute Gasteiger partial charge is 0.496 e. The minimum Gasteiger partial charge on any atom is -0.496 e. The Bertz CT molecular complexity index is 428. The Morgan fingerprint density at radius 1 is 1.33 bits per heavy atom. The second-order valence-electron chi connectivity index (χ2n) is 4.76. The van der Waals surface area contributed by atoms with Gasteiger partial charge in [0.25, 0.3) is 0 Å². The fourth-order valence-corrected chi connectivity index (χ4v) is 2.66. The SMILES string of the molecule is COc1ccc(NC(=S)NC2CCCC2)cc1C. The first-order valence-electron chi connectivity index (χ1n) is 6.41. The highest BCUT2D eigenvalue weighted by molar-refractivity contribution is 7.80. The fourth-order valence-electron chi connectivity index (χ4n) is 2.38. The first-order valence-corrected chi connectivity index (χ1v) is 6.82. The number of hydrogen-bond acceptors (Lipinski definition) is 2. The second kappa shape index (κ2) is 6.05. The van der Waals surface area contributed by atoms with Crippen molar-refractivity contribution in [2.75, 3.05) is 12.4 Å². The van der Waals surface area contributed by atoms with Gasteiger partial charge in [-0.25, -0.2) is 0 Å². The summed E-state index contributed by atoms with van der Waals surface area (Å²) < 4.78 is 5.24. The zero-order valence-electron chi connectivity index (χ0n) is 11.0. The molecule has 1 aliphatic rings. The number of ether oxygens (including phenoxy) is 1. The molecule has 0 unspecified atom stereocenters. The molecule has 18 heavy (non-hydrogen) atoms. The smallest absolute Gasteiger partial charge is 0.170 e. The molecule has 0 radical (unpaired) electrons. The number of benzene rings is 1. The van der Waals surface area contributed by atoms with Crippen LogP contribution in [0.3, 0.4) is 0 Å². The van der Waals surface area contributed by atoms with Gasteiger partial charge < -0.3 is 15.4 Å². The van der Waals surface area contributed by atoms with Crippen molar-refractivity contribution in [3.05, 3.63) is 23.8 Å². The quantitative estimate of drug-likeness (QED) is 0.821. The first kappa shape index (κ1) is 13.1. The normalized spacial score (nSPS) is 15.4. The molecule has 0 spiro atoms. The lowest BCUT2D eigenvalue weighted by Gasteiger charge is -2.16. The van der Waals surface area contributed by atoms with Crippen molar-refractivity contribution in [1.29, 1.82) is 0 Å². The van der Waals surface area contributed by atoms with Crippen LogP contribution in [0.25, 0.3) is 0 Å². The molecule has 0 amide bonds. The van der Waals surface area contributed by atoms with Gasteiger partial charge in [0.2, 0.25) is 0 Å². The van der Waals surface area contributed by atoms with Gasteiger partial charge in [0.1, 0.15) is 5.75 Å². The van der Waals surface area contributed by atoms with Crippen molar-refractivity contribution in [3.63, 3.8) is 0 Å². The van der Waals surface area contributed by atoms with Crippen molar-refractivity contribution >= 4 is 23.0 Å². The maximum atomic E-state index is 5.32. The first-order chi connectivity index (χ1) is 8.69. The van der Waals surface area contributed by atoms with E-state index in [0.717, 1.165) is 17.0 Å². The van der Waals surface area contributed by atoms with Gasteiger partial charge in [-0.3, -0.25) is 0 Å². The number of thiocarbonyl (C=S) groups is 1. The van der Waals surface area contributed by atoms with Gasteiger partial charge in [-0.2, -0.15) is 0 Å². The highest BCUT2D eigenvalue weighted by Crippen LogP contribution is 2.22. The lowest BCUT2D eigenvalue weighted by molar-refractivity contribution is 0.412. The molecule has 2 N–H and O–H groups in total. The molecule has 4 heteroatoms. The van der Waals surface area contributed by atoms with E-state index in [1.54, 1.807) is 7.11 Å². The molecule has 0 aromatic heterocycles. The monoisotopic (exact) mass is 264 g/mol. The summed E-state index contributed by atoms with van der Waals surface area (Å²) in [4.78, 5) is 0. The average molecular weight is 264 g/mol. The molecular formula is C14H20N2OS. The van der Waals surface area contributed by atoms with Crippen molar-refractivity contribution in [2.45, 2.75) is 38.6 Å². The van der Waals surface area contributed by atoms with E-state index in [9.17, 15) is 0 Å². The van der Waals surface area contributed by atoms with Crippen molar-refractivity contribution in [1.82, 2.24) is 5.32 Å². The van der Waals surface area contributed by atoms with Gasteiger partial charge in [-0.05, 0) is 55.7 Å². The fraction of sp³-hybridized carbons (Fsp3) is 0.500. The van der Waals surface area contributed by atoms with Crippen LogP contribution in [-0.2, 0) is 0 Å². The van der Waals surface area contributed by atoms with E-state index in [0.29, 0.717) is 11.2 Å². The van der Waals surface area contributed by atoms with Crippen molar-refractivity contribution < 1.29 is 4.74 Å². The van der Waals surface area contributed by atoms with Gasteiger partial charge in [0.05, 0.1) is 7.11 Å². The van der Waals surface area contributed by atoms with Crippen LogP contribution in [0.4, 0.5) is 5.69 Å². The zero-order chi connectivity index (χ0) is 13.0. The zero-order valence-corrected chi connectivity index (χ0v) is 11.8. The number of anilines is 1. The number of methoxy groups -OCH3 is 1. The molecule has 1 aliphatic carbocycles. The van der Waals surface area contributed by atoms with Crippen LogP contribution in [0.1, 0.15) is 31.2 Å². The lowest BCUT2D eigenvalue weighted by atomic mass is 10.2. The summed E-state index contributed by atoms with van der Waals surface area (Å²) >= 11 is 5.32. The van der Waals surface area contributed by atoms with Gasteiger partial charge in [-0.1, -0.05) is 12.8 Å². The molecule has 0 aliphatic heterocycles. The topological polar surface area (TPSA) is 33.3 Å². The molecule has 1 fully saturated rings. The van der Waals surface area contributed by atoms with Crippen molar-refractivity contribution in [3.8, 4) is 5.75 Å². The van der Waals surface area contributed by atoms with Crippen LogP contribution in [0, 0.1) is 6.92 Å². The molecule has 0 saturated heterocycles. The molecular weight excluding hydrogens is 244 g/mol. The van der Waals surface area contributed by atoms with Gasteiger partial charge >= 0.3 is 0 Å². The molecule has 1 saturated carbocycles. The molecule has 2 rings (SSSR count). The molecule has 3 nitrogen and oxygen atoms in total. The van der Waals surface area contributed by atoms with E-state index in [-0.39, 0.29) is 0 Å². The summed E-state index contributed by atoms with van der Waals surface area (Å²) in [7, 11) is 1.68. The van der Waals surface area contributed by atoms with Crippen LogP contribution in [0.5, 0.6) is 5.75 Å². The maximum Gasteiger partial charge on any atom is 0.170 e. The van der Waals surface area contributed by atoms with Gasteiger partial charge in [-0.15, -0.1) is 0 Å². The molecule has 0 atom stereocenters. The van der Waals surface area contributed by atoms with E-state index in [1.807, 2.05) is 25.1 Å². The Kier molecular flexibility index (Phi) is 4.42. The standard InChI is InChI=1S/C14H20N2OS/c1-10-9-12(7-8-13(10)17-2)16-14(18)15-11-5-3-4-6-11/h7-9,11H,3-6H2,1-2H3,(H2,15,16,18). The predicted octanol–water partition coefficient (Wildman–Crippen LogP) is 3.23. The van der Waals surface area contributed by atoms with E-state index < -0.39 is 0 Å². The van der Waals surface area contributed by atoms with Crippen LogP contribution in [0.15, 0.2) is 18.2 Å². The van der Waals surface area contributed by atoms with Crippen molar-refractivity contribution in [2.24, 2.45) is 0 Å². The number of aryl methyl sites for hydroxylation is 1. The summed E-state index contributed by atoms with van der Waals surface area (Å²) in [5.41, 5.74) is 2.11. The Hall–Kier alpha value is -1.29. The van der Waals surface area contributed by atoms with E-state index in [2.05, 4.69) is 10.6 Å². The number of nitrogens with one attached hydrogen (secondary N) is 2. The third kappa shape index (κ3) is 3.35. The summed E-state index contributed by atoms with van der Waals surface area (Å²) in [6, 6.07) is 6.52. The van der Waals surface area contributed by atoms with Crippen LogP contribution in [-0.4, -0.2) is 18.3 Å². The third-order valence-electron chi connectivity index (χ3n) is 3.34. The van der Waals surface area contributed by atoms with E-state index in [4.69, 9.17) is 17.0 Å². The molecule has 98 valence electrons. The van der Waals surface area contributed by atoms with Crippen LogP contribution >= 0.6 is 12.2 Å². The Balaban J connectivity index is 1.92. The predicted molar refractivity (Wildman–Crippen MR) is 79.3 cm³/mol. The Morgan fingerprint density at radius 3 is 2.67 bits per heavy atom. The number of hydrogen-bond donors (Lipinski definition) is 2. The maximum absolute atomic E-state index is 5.32. The van der Waals surface area contributed by atoms with Gasteiger partial charge in [0, 0.05) is 11.7 Å². The summed E-state index contributed by atoms with van der Waals surface area (Å²) in [5.74, 6) is 0.898. The minimum absolute atomic E-state index is 0.546. The van der Waals surface area contributed by atoms with E-state index in [1.165, 1.54) is 25.7 Å². The average Bonchev–Trinajstić information content (AvgIpc) is 2.82. The van der Waals surface area contributed by atoms with Crippen LogP contribution < -0.4 is 15.4 Å². The van der Waals surface area contributed by atoms with E-state index >= 15 is 0 Å². The van der Waals surface area contributed by atoms with Crippen LogP contribution in [0.2, 0.25) is 0 Å². The summed E-state index contributed by atoms with van der Waals surface area (Å²) in [5, 5.41) is 7.30. The lowest BCUT2D eigenvalue weighted by Crippen LogP contribution is -2.35. The highest BCUT2D eigenvalue weighted by atomic mass is 32.1. The Labute approximate surface area is 114 Å². The minimum atomic E-state index is 0.546. The summed E-state index contributed by atoms with van der Waals surface area (Å²) in [6.45, 7) is 2.03. The summed E-state index contributed by atoms with van der Waals surface area (Å²) in [6.07, 6.45) is 5.07. The molecule has 1 aromatic rings. The molecule has 0 heterocycles. The Morgan fingerprint density at radius 2 is 2.06 bits per heavy atom. The number of rotatable bonds is 3. The van der Waals surface area contributed by atoms with Gasteiger partial charge in [0.15, 0.2) is 5.11 Å².